The van der Waals surface area contributed by atoms with Gasteiger partial charge < -0.3 is 77.0 Å². The van der Waals surface area contributed by atoms with E-state index in [1.807, 2.05) is 18.2 Å². The third-order valence-electron chi connectivity index (χ3n) is 24.3. The molecular weight excluding hydrogens is 1520 g/mol. The molecule has 0 atom stereocenters. The summed E-state index contributed by atoms with van der Waals surface area (Å²) in [6, 6.07) is 44.2. The predicted molar refractivity (Wildman–Crippen MR) is 463 cm³/mol. The van der Waals surface area contributed by atoms with Crippen LogP contribution in [0, 0.1) is 23.3 Å². The van der Waals surface area contributed by atoms with Gasteiger partial charge in [0, 0.05) is 101 Å². The van der Waals surface area contributed by atoms with Crippen molar-refractivity contribution in [3.8, 4) is 78.3 Å². The number of rotatable bonds is 45. The average Bonchev–Trinajstić information content (AvgIpc) is 1.56. The van der Waals surface area contributed by atoms with Crippen molar-refractivity contribution in [1.29, 1.82) is 0 Å². The lowest BCUT2D eigenvalue weighted by molar-refractivity contribution is -0.118. The van der Waals surface area contributed by atoms with Gasteiger partial charge >= 0.3 is 14.2 Å². The second kappa shape index (κ2) is 42.3. The van der Waals surface area contributed by atoms with Gasteiger partial charge in [-0.15, -0.1) is 0 Å². The monoisotopic (exact) mass is 1640 g/mol. The third-order valence-corrected chi connectivity index (χ3v) is 24.3. The zero-order valence-electron chi connectivity index (χ0n) is 72.0. The molecule has 23 heteroatoms. The minimum Gasteiger partial charge on any atom is -0.494 e. The molecule has 2 heterocycles. The number of hydrogen-bond donors (Lipinski definition) is 2. The van der Waals surface area contributed by atoms with Gasteiger partial charge in [0.1, 0.15) is 34.8 Å². The molecule has 0 spiro atoms. The fourth-order valence-electron chi connectivity index (χ4n) is 16.4. The Morgan fingerprint density at radius 3 is 0.950 bits per heavy atom. The van der Waals surface area contributed by atoms with E-state index in [0.29, 0.717) is 139 Å². The van der Waals surface area contributed by atoms with Crippen LogP contribution in [0.4, 0.5) is 17.6 Å². The zero-order chi connectivity index (χ0) is 85.0. The second-order valence-corrected chi connectivity index (χ2v) is 33.4. The Bertz CT molecular complexity index is 4580. The zero-order valence-corrected chi connectivity index (χ0v) is 72.0. The van der Waals surface area contributed by atoms with Crippen molar-refractivity contribution in [2.45, 2.75) is 173 Å². The number of benzene rings is 8. The molecule has 0 radical (unpaired) electrons. The maximum absolute atomic E-state index is 16.4. The molecule has 1 amide bonds. The van der Waals surface area contributed by atoms with E-state index in [2.05, 4.69) is 115 Å². The van der Waals surface area contributed by atoms with Crippen LogP contribution >= 0.6 is 0 Å². The molecule has 0 bridgehead atoms. The highest BCUT2D eigenvalue weighted by Gasteiger charge is 2.54. The van der Waals surface area contributed by atoms with E-state index in [-0.39, 0.29) is 28.2 Å². The first kappa shape index (κ1) is 91.9. The number of hydrogen-bond acceptors (Lipinski definition) is 16. The van der Waals surface area contributed by atoms with Crippen LogP contribution in [0.25, 0.3) is 66.8 Å². The van der Waals surface area contributed by atoms with Gasteiger partial charge in [0.2, 0.25) is 5.91 Å². The van der Waals surface area contributed by atoms with Gasteiger partial charge in [0.25, 0.3) is 0 Å². The minimum atomic E-state index is -0.548. The fraction of sp³-hybridized carbons (Fsp3) is 0.490. The Morgan fingerprint density at radius 1 is 0.345 bits per heavy atom. The first-order valence-corrected chi connectivity index (χ1v) is 42.2. The van der Waals surface area contributed by atoms with Crippen LogP contribution in [0.1, 0.15) is 162 Å². The van der Waals surface area contributed by atoms with E-state index >= 15 is 17.6 Å². The highest BCUT2D eigenvalue weighted by atomic mass is 19.1. The molecule has 8 aromatic carbocycles. The SMILES string of the molecule is COCCOCCCC1(CCCOCCOC)c2cc(B3OC(C)(C)C(C)(C)O3)ccc2-c2ccc(-c3cc(F)c(-c4ccc(OCCCCN)cc4)cc3F)cc21.COCCOCCCC1(CCCOCCOC)c2cc(B3OC(C)(C)C(C)(C)O3)ccc2-c2ccc(-c3cc(F)c(-c4ccc(OCCCCNC(C)=O)cc4)cc3F)cc21. The fourth-order valence-corrected chi connectivity index (χ4v) is 16.4. The van der Waals surface area contributed by atoms with Gasteiger partial charge in [-0.05, 0) is 277 Å². The van der Waals surface area contributed by atoms with Crippen LogP contribution in [-0.4, -0.2) is 177 Å². The lowest BCUT2D eigenvalue weighted by atomic mass is 9.69. The van der Waals surface area contributed by atoms with Crippen LogP contribution < -0.4 is 31.4 Å². The summed E-state index contributed by atoms with van der Waals surface area (Å²) in [6.45, 7) is 26.5. The second-order valence-electron chi connectivity index (χ2n) is 33.4. The summed E-state index contributed by atoms with van der Waals surface area (Å²) in [5.74, 6) is -0.788. The summed E-state index contributed by atoms with van der Waals surface area (Å²) < 4.78 is 147. The first-order valence-electron chi connectivity index (χ1n) is 42.2. The standard InChI is InChI=1S/C49H62BF2NO8.C47H60BF2NO7/c1-34(54)53-22-8-9-25-59-38-16-12-35(13-17-38)41-32-46(52)42(33-45(41)51)36-14-18-39-40-19-15-37(50-60-47(2,3)48(4,5)61-50)31-44(40)49(43(39)30-36,20-10-23-57-28-26-55-6)21-11-24-58-29-27-56-7;1-45(2)46(3,4)58-48(57-45)35-14-18-38-37-17-13-34(40-32-43(49)39(31-44(40)50)33-11-15-36(16-12-33)56-24-8-7-21-51)29-41(37)47(42(38)30-35,19-9-22-54-27-25-52-5)20-10-23-55-28-26-53-6/h12-19,30-33H,8-11,20-29H2,1-7H3,(H,53,54);11-18,29-32H,7-10,19-28,51H2,1-6H3. The number of carbonyl (C=O) groups is 1. The molecule has 2 aliphatic carbocycles. The molecule has 17 nitrogen and oxygen atoms in total. The number of halogens is 4. The molecule has 119 heavy (non-hydrogen) atoms. The Hall–Kier alpha value is -7.84. The first-order chi connectivity index (χ1) is 57.2. The van der Waals surface area contributed by atoms with Gasteiger partial charge in [-0.25, -0.2) is 17.6 Å². The number of nitrogens with one attached hydrogen (secondary N) is 1. The molecule has 12 rings (SSSR count). The molecular formula is C96H122B2F4N2O15. The predicted octanol–water partition coefficient (Wildman–Crippen LogP) is 17.9. The van der Waals surface area contributed by atoms with Crippen LogP contribution in [0.5, 0.6) is 11.5 Å². The molecule has 0 unspecified atom stereocenters. The van der Waals surface area contributed by atoms with Crippen molar-refractivity contribution >= 4 is 31.1 Å². The van der Waals surface area contributed by atoms with Gasteiger partial charge in [-0.1, -0.05) is 84.9 Å². The largest absolute Gasteiger partial charge is 0.494 e. The molecule has 3 N–H and O–H groups in total. The maximum atomic E-state index is 16.4. The van der Waals surface area contributed by atoms with Crippen LogP contribution in [0.2, 0.25) is 0 Å². The number of fused-ring (bicyclic) bond motifs is 6. The summed E-state index contributed by atoms with van der Waals surface area (Å²) in [7, 11) is 5.56. The average molecular weight is 1640 g/mol. The Balaban J connectivity index is 0.000000233. The maximum Gasteiger partial charge on any atom is 0.494 e. The number of methoxy groups -OCH3 is 4. The van der Waals surface area contributed by atoms with Crippen molar-refractivity contribution in [2.75, 3.05) is 134 Å². The molecule has 0 saturated carbocycles. The van der Waals surface area contributed by atoms with E-state index in [4.69, 9.17) is 71.7 Å². The minimum absolute atomic E-state index is 0.0552. The van der Waals surface area contributed by atoms with E-state index < -0.39 is 70.7 Å². The van der Waals surface area contributed by atoms with Crippen molar-refractivity contribution in [3.05, 3.63) is 191 Å². The number of ether oxygens (including phenoxy) is 10. The highest BCUT2D eigenvalue weighted by molar-refractivity contribution is 6.62. The van der Waals surface area contributed by atoms with Crippen molar-refractivity contribution in [3.63, 3.8) is 0 Å². The molecule has 0 aromatic heterocycles. The van der Waals surface area contributed by atoms with Gasteiger partial charge in [0.05, 0.1) is 88.5 Å². The molecule has 2 fully saturated rings. The van der Waals surface area contributed by atoms with Crippen LogP contribution in [0.3, 0.4) is 0 Å². The normalized spacial score (nSPS) is 15.9. The lowest BCUT2D eigenvalue weighted by Crippen LogP contribution is -2.41. The van der Waals surface area contributed by atoms with E-state index in [1.54, 1.807) is 77.0 Å². The van der Waals surface area contributed by atoms with Gasteiger partial charge in [-0.3, -0.25) is 4.79 Å². The topological polar surface area (TPSA) is 184 Å². The molecule has 8 aromatic rings. The van der Waals surface area contributed by atoms with Gasteiger partial charge in [-0.2, -0.15) is 0 Å². The van der Waals surface area contributed by atoms with E-state index in [9.17, 15) is 4.79 Å². The van der Waals surface area contributed by atoms with E-state index in [1.165, 1.54) is 31.2 Å². The lowest BCUT2D eigenvalue weighted by Gasteiger charge is -2.33. The summed E-state index contributed by atoms with van der Waals surface area (Å²) in [5.41, 5.74) is 16.3. The summed E-state index contributed by atoms with van der Waals surface area (Å²) in [6.07, 6.45) is 9.39. The summed E-state index contributed by atoms with van der Waals surface area (Å²) in [4.78, 5) is 11.1. The Kier molecular flexibility index (Phi) is 32.7. The summed E-state index contributed by atoms with van der Waals surface area (Å²) in [5, 5.41) is 2.77. The number of amides is 1. The third kappa shape index (κ3) is 22.2. The van der Waals surface area contributed by atoms with Crippen molar-refractivity contribution < 1.29 is 88.3 Å². The van der Waals surface area contributed by atoms with Gasteiger partial charge in [0.15, 0.2) is 0 Å². The highest BCUT2D eigenvalue weighted by Crippen LogP contribution is 2.57. The van der Waals surface area contributed by atoms with E-state index in [0.717, 1.165) is 132 Å². The number of carbonyl (C=O) groups excluding carboxylic acids is 1. The smallest absolute Gasteiger partial charge is 0.494 e. The van der Waals surface area contributed by atoms with Crippen molar-refractivity contribution in [2.24, 2.45) is 5.73 Å². The Labute approximate surface area is 702 Å². The molecule has 4 aliphatic rings. The van der Waals surface area contributed by atoms with Crippen molar-refractivity contribution in [1.82, 2.24) is 5.32 Å². The number of unbranched alkanes of at least 4 members (excludes halogenated alkanes) is 2. The molecule has 2 saturated heterocycles. The number of nitrogens with two attached hydrogens (primary N) is 1. The quantitative estimate of drug-likeness (QED) is 0.0208. The molecule has 640 valence electrons. The molecule has 2 aliphatic heterocycles. The Morgan fingerprint density at radius 2 is 0.639 bits per heavy atom. The van der Waals surface area contributed by atoms with Crippen LogP contribution in [0.15, 0.2) is 146 Å². The van der Waals surface area contributed by atoms with Crippen LogP contribution in [-0.2, 0) is 72.1 Å². The summed E-state index contributed by atoms with van der Waals surface area (Å²) >= 11 is 0.